The van der Waals surface area contributed by atoms with Gasteiger partial charge in [-0.1, -0.05) is 48.5 Å². The lowest BCUT2D eigenvalue weighted by molar-refractivity contribution is -0.281. The van der Waals surface area contributed by atoms with Crippen molar-refractivity contribution in [2.75, 3.05) is 6.61 Å². The van der Waals surface area contributed by atoms with E-state index in [9.17, 15) is 25.2 Å². The molecular weight excluding hydrogens is 612 g/mol. The lowest BCUT2D eigenvalue weighted by Crippen LogP contribution is -2.63. The fraction of sp³-hybridized carbons (Fsp3) is 0.974. The zero-order valence-electron chi connectivity index (χ0n) is 31.1. The van der Waals surface area contributed by atoms with Crippen LogP contribution in [0.2, 0.25) is 0 Å². The molecule has 0 radical (unpaired) electrons. The number of esters is 1. The summed E-state index contributed by atoms with van der Waals surface area (Å²) in [4.78, 5) is 12.1. The Hall–Kier alpha value is -0.810. The van der Waals surface area contributed by atoms with Gasteiger partial charge in [-0.3, -0.25) is 4.79 Å². The highest BCUT2D eigenvalue weighted by molar-refractivity contribution is 5.66. The number of ether oxygens (including phenoxy) is 4. The third-order valence-electron chi connectivity index (χ3n) is 17.4. The number of rotatable bonds is 5. The molecule has 4 N–H and O–H groups in total. The van der Waals surface area contributed by atoms with Crippen LogP contribution in [-0.2, 0) is 23.7 Å². The molecule has 0 amide bonds. The van der Waals surface area contributed by atoms with Crippen LogP contribution in [0.5, 0.6) is 0 Å². The van der Waals surface area contributed by atoms with Gasteiger partial charge >= 0.3 is 5.97 Å². The smallest absolute Gasteiger partial charge is 0.303 e. The molecule has 9 heteroatoms. The Morgan fingerprint density at radius 1 is 0.938 bits per heavy atom. The normalized spacial score (nSPS) is 56.1. The van der Waals surface area contributed by atoms with Crippen LogP contribution in [0.4, 0.5) is 0 Å². The second-order valence-corrected chi connectivity index (χ2v) is 19.4. The van der Waals surface area contributed by atoms with Gasteiger partial charge in [0.1, 0.15) is 6.10 Å². The Labute approximate surface area is 287 Å². The number of carbonyl (C=O) groups excluding carboxylic acids is 1. The first kappa shape index (κ1) is 35.6. The average Bonchev–Trinajstić information content (AvgIpc) is 3.47. The average molecular weight is 677 g/mol. The van der Waals surface area contributed by atoms with E-state index in [0.717, 1.165) is 38.5 Å². The lowest BCUT2D eigenvalue weighted by Gasteiger charge is -2.67. The molecule has 1 unspecified atom stereocenters. The van der Waals surface area contributed by atoms with E-state index in [1.54, 1.807) is 13.8 Å². The summed E-state index contributed by atoms with van der Waals surface area (Å²) in [6.07, 6.45) is 2.71. The van der Waals surface area contributed by atoms with Crippen molar-refractivity contribution in [3.63, 3.8) is 0 Å². The summed E-state index contributed by atoms with van der Waals surface area (Å²) in [5.74, 6) is 0.848. The molecular formula is C39H64O9. The number of carbonyl (C=O) groups is 1. The van der Waals surface area contributed by atoms with Crippen LogP contribution in [-0.4, -0.2) is 87.6 Å². The van der Waals surface area contributed by atoms with Gasteiger partial charge in [0.15, 0.2) is 12.4 Å². The molecule has 0 aromatic heterocycles. The van der Waals surface area contributed by atoms with Crippen molar-refractivity contribution in [1.82, 2.24) is 0 Å². The molecule has 9 nitrogen and oxygen atoms in total. The number of hydrogen-bond acceptors (Lipinski definition) is 9. The summed E-state index contributed by atoms with van der Waals surface area (Å²) >= 11 is 0. The predicted octanol–water partition coefficient (Wildman–Crippen LogP) is 4.99. The zero-order chi connectivity index (χ0) is 35.2. The second kappa shape index (κ2) is 10.9. The van der Waals surface area contributed by atoms with E-state index < -0.39 is 48.4 Å². The van der Waals surface area contributed by atoms with Crippen LogP contribution >= 0.6 is 0 Å². The van der Waals surface area contributed by atoms with Gasteiger partial charge in [0.05, 0.1) is 42.7 Å². The Morgan fingerprint density at radius 3 is 2.25 bits per heavy atom. The molecule has 7 rings (SSSR count). The van der Waals surface area contributed by atoms with Crippen LogP contribution < -0.4 is 0 Å². The maximum Gasteiger partial charge on any atom is 0.303 e. The second-order valence-electron chi connectivity index (χ2n) is 19.4. The fourth-order valence-corrected chi connectivity index (χ4v) is 14.8. The number of fused-ring (bicyclic) bond motifs is 4. The van der Waals surface area contributed by atoms with Crippen molar-refractivity contribution in [2.24, 2.45) is 56.2 Å². The molecule has 7 aliphatic rings. The van der Waals surface area contributed by atoms with Crippen molar-refractivity contribution in [1.29, 1.82) is 0 Å². The van der Waals surface area contributed by atoms with Gasteiger partial charge in [-0.25, -0.2) is 0 Å². The first-order valence-electron chi connectivity index (χ1n) is 19.0. The quantitative estimate of drug-likeness (QED) is 0.235. The summed E-state index contributed by atoms with van der Waals surface area (Å²) < 4.78 is 25.1. The molecule has 0 bridgehead atoms. The van der Waals surface area contributed by atoms with E-state index in [0.29, 0.717) is 18.3 Å². The highest BCUT2D eigenvalue weighted by Crippen LogP contribution is 2.94. The standard InChI is InChI=1S/C39H64O9/c1-20-17-25(32(34(6,7)44)46-22(3)40)47-30-29(20)35(8)15-16-38-21(2)39(38)14-12-27(48-28-18-23(41)24(42)19-45-28)33(4,5)36(39,9)13-11-26(38)37(35,10)31(30)43/h20-21,23-32,41-44H,11-19H2,1-10H3/t20-,21+,23-,24+,25-,26+,27+,28+,29?,30+,31+,32+,35-,36+,37-,38+,39-/m1/s1. The Bertz CT molecular complexity index is 1300. The molecule has 2 spiro atoms. The molecule has 5 saturated carbocycles. The van der Waals surface area contributed by atoms with Crippen molar-refractivity contribution in [3.8, 4) is 0 Å². The minimum Gasteiger partial charge on any atom is -0.457 e. The lowest BCUT2D eigenvalue weighted by atomic mass is 9.38. The zero-order valence-corrected chi connectivity index (χ0v) is 31.1. The summed E-state index contributed by atoms with van der Waals surface area (Å²) in [5.41, 5.74) is -1.59. The van der Waals surface area contributed by atoms with Crippen LogP contribution in [0.15, 0.2) is 0 Å². The first-order chi connectivity index (χ1) is 22.1. The van der Waals surface area contributed by atoms with Crippen LogP contribution in [0.25, 0.3) is 0 Å². The Balaban J connectivity index is 1.19. The summed E-state index contributed by atoms with van der Waals surface area (Å²) in [5, 5.41) is 44.0. The van der Waals surface area contributed by atoms with Gasteiger partial charge in [-0.2, -0.15) is 0 Å². The van der Waals surface area contributed by atoms with Crippen molar-refractivity contribution >= 4 is 5.97 Å². The van der Waals surface area contributed by atoms with Crippen LogP contribution in [0, 0.1) is 56.2 Å². The number of aliphatic hydroxyl groups excluding tert-OH is 3. The summed E-state index contributed by atoms with van der Waals surface area (Å²) in [7, 11) is 0. The summed E-state index contributed by atoms with van der Waals surface area (Å²) in [6, 6.07) is 0. The Morgan fingerprint density at radius 2 is 1.62 bits per heavy atom. The van der Waals surface area contributed by atoms with Gasteiger partial charge in [-0.15, -0.1) is 0 Å². The monoisotopic (exact) mass is 676 g/mol. The maximum absolute atomic E-state index is 12.7. The van der Waals surface area contributed by atoms with Crippen molar-refractivity contribution in [3.05, 3.63) is 0 Å². The topological polar surface area (TPSA) is 135 Å². The van der Waals surface area contributed by atoms with E-state index in [1.165, 1.54) is 6.92 Å². The van der Waals surface area contributed by atoms with E-state index in [4.69, 9.17) is 18.9 Å². The van der Waals surface area contributed by atoms with E-state index >= 15 is 0 Å². The van der Waals surface area contributed by atoms with Crippen molar-refractivity contribution < 1.29 is 44.2 Å². The molecule has 0 aromatic rings. The van der Waals surface area contributed by atoms with E-state index in [1.807, 2.05) is 0 Å². The minimum atomic E-state index is -1.28. The molecule has 7 fully saturated rings. The largest absolute Gasteiger partial charge is 0.457 e. The molecule has 17 atom stereocenters. The van der Waals surface area contributed by atoms with Gasteiger partial charge in [-0.05, 0) is 110 Å². The molecule has 48 heavy (non-hydrogen) atoms. The first-order valence-corrected chi connectivity index (χ1v) is 19.0. The van der Waals surface area contributed by atoms with Gasteiger partial charge in [0.25, 0.3) is 0 Å². The molecule has 2 aliphatic heterocycles. The molecule has 2 heterocycles. The Kier molecular flexibility index (Phi) is 8.05. The van der Waals surface area contributed by atoms with E-state index in [2.05, 4.69) is 48.5 Å². The van der Waals surface area contributed by atoms with Gasteiger partial charge in [0, 0.05) is 18.8 Å². The molecule has 0 aromatic carbocycles. The maximum atomic E-state index is 12.7. The predicted molar refractivity (Wildman–Crippen MR) is 178 cm³/mol. The van der Waals surface area contributed by atoms with Crippen molar-refractivity contribution in [2.45, 2.75) is 175 Å². The highest BCUT2D eigenvalue weighted by Gasteiger charge is 2.90. The highest BCUT2D eigenvalue weighted by atomic mass is 16.7. The third kappa shape index (κ3) is 4.19. The minimum absolute atomic E-state index is 0.0153. The fourth-order valence-electron chi connectivity index (χ4n) is 14.8. The van der Waals surface area contributed by atoms with Crippen LogP contribution in [0.1, 0.15) is 121 Å². The third-order valence-corrected chi connectivity index (χ3v) is 17.4. The van der Waals surface area contributed by atoms with Gasteiger partial charge in [0.2, 0.25) is 0 Å². The van der Waals surface area contributed by atoms with Crippen LogP contribution in [0.3, 0.4) is 0 Å². The summed E-state index contributed by atoms with van der Waals surface area (Å²) in [6.45, 7) is 21.7. The van der Waals surface area contributed by atoms with E-state index in [-0.39, 0.29) is 69.6 Å². The molecule has 274 valence electrons. The number of hydrogen-bond donors (Lipinski definition) is 4. The van der Waals surface area contributed by atoms with Gasteiger partial charge < -0.3 is 39.4 Å². The SMILES string of the molecule is CC(=O)O[C@@H]([C@H]1C[C@@H](C)C2[C@H](O1)[C@H](O)[C@@]1(C)[C@@H]3CC[C@@]4(C)C(C)(C)[C@@H](O[C@H]5C[C@@H](O)[C@@H](O)CO5)CC[C@@]45[C@@H](C)[C@@]35CC[C@]21C)C(C)(C)O. The number of aliphatic hydroxyl groups is 4. The molecule has 2 saturated heterocycles. The molecule has 5 aliphatic carbocycles.